The number of carbonyl (C=O) groups excluding carboxylic acids is 1. The number of aromatic nitrogens is 1. The predicted octanol–water partition coefficient (Wildman–Crippen LogP) is 3.69. The van der Waals surface area contributed by atoms with Gasteiger partial charge in [0.25, 0.3) is 0 Å². The molecule has 0 spiro atoms. The third-order valence-electron chi connectivity index (χ3n) is 3.14. The summed E-state index contributed by atoms with van der Waals surface area (Å²) in [5.41, 5.74) is 0.254. The highest BCUT2D eigenvalue weighted by atomic mass is 32.1. The number of hydrogen-bond donors (Lipinski definition) is 0. The maximum atomic E-state index is 13.2. The van der Waals surface area contributed by atoms with Gasteiger partial charge in [-0.2, -0.15) is 17.5 Å². The molecular weight excluding hydrogens is 307 g/mol. The maximum Gasteiger partial charge on any atom is 0.427 e. The van der Waals surface area contributed by atoms with Crippen molar-refractivity contribution in [3.8, 4) is 0 Å². The quantitative estimate of drug-likeness (QED) is 0.780. The summed E-state index contributed by atoms with van der Waals surface area (Å²) in [4.78, 5) is 10.7. The molecule has 1 aromatic rings. The number of halogens is 3. The molecule has 0 N–H and O–H groups in total. The van der Waals surface area contributed by atoms with E-state index in [1.54, 1.807) is 0 Å². The number of esters is 1. The first kappa shape index (κ1) is 14.4. The van der Waals surface area contributed by atoms with Crippen molar-refractivity contribution in [2.24, 2.45) is 0 Å². The Hall–Kier alpha value is -1.57. The summed E-state index contributed by atoms with van der Waals surface area (Å²) in [5, 5.41) is 0. The molecule has 0 aromatic carbocycles. The maximum absolute atomic E-state index is 13.2. The molecule has 1 aliphatic heterocycles. The molecule has 0 radical (unpaired) electrons. The van der Waals surface area contributed by atoms with E-state index in [-0.39, 0.29) is 17.2 Å². The largest absolute Gasteiger partial charge is 0.452 e. The molecule has 3 rings (SSSR count). The zero-order valence-corrected chi connectivity index (χ0v) is 12.1. The third kappa shape index (κ3) is 2.76. The molecule has 1 aliphatic carbocycles. The lowest BCUT2D eigenvalue weighted by Gasteiger charge is -2.31. The van der Waals surface area contributed by atoms with E-state index < -0.39 is 22.8 Å². The molecule has 1 saturated carbocycles. The molecule has 21 heavy (non-hydrogen) atoms. The van der Waals surface area contributed by atoms with Crippen LogP contribution >= 0.6 is 11.5 Å². The molecule has 0 saturated heterocycles. The molecule has 114 valence electrons. The number of carbonyl (C=O) groups is 1. The number of rotatable bonds is 2. The summed E-state index contributed by atoms with van der Waals surface area (Å²) < 4.78 is 53.8. The lowest BCUT2D eigenvalue weighted by molar-refractivity contribution is -0.193. The monoisotopic (exact) mass is 319 g/mol. The van der Waals surface area contributed by atoms with Gasteiger partial charge in [0.15, 0.2) is 0 Å². The highest BCUT2D eigenvalue weighted by molar-refractivity contribution is 7.06. The second-order valence-electron chi connectivity index (χ2n) is 5.48. The first-order valence-electron chi connectivity index (χ1n) is 6.38. The van der Waals surface area contributed by atoms with Crippen molar-refractivity contribution >= 4 is 23.3 Å². The average molecular weight is 319 g/mol. The standard InChI is InChI=1S/C13H12F3NO3S/c1-12(2)19-7(5-8(18)20-12)9-10(6-3-4-6)17-21-11(9)13(14,15)16/h5-6H,3-4H2,1-2H3. The lowest BCUT2D eigenvalue weighted by atomic mass is 10.1. The lowest BCUT2D eigenvalue weighted by Crippen LogP contribution is -2.34. The first-order chi connectivity index (χ1) is 9.67. The van der Waals surface area contributed by atoms with E-state index in [0.29, 0.717) is 17.2 Å². The van der Waals surface area contributed by atoms with E-state index in [4.69, 9.17) is 9.47 Å². The highest BCUT2D eigenvalue weighted by Crippen LogP contribution is 2.49. The number of ether oxygens (including phenoxy) is 2. The molecule has 1 aromatic heterocycles. The zero-order valence-electron chi connectivity index (χ0n) is 11.3. The topological polar surface area (TPSA) is 48.4 Å². The number of cyclic esters (lactones) is 1. The molecule has 2 heterocycles. The van der Waals surface area contributed by atoms with Crippen molar-refractivity contribution in [1.29, 1.82) is 0 Å². The van der Waals surface area contributed by atoms with E-state index in [1.165, 1.54) is 13.8 Å². The fourth-order valence-electron chi connectivity index (χ4n) is 2.19. The van der Waals surface area contributed by atoms with Gasteiger partial charge in [-0.05, 0) is 24.4 Å². The highest BCUT2D eigenvalue weighted by Gasteiger charge is 2.44. The van der Waals surface area contributed by atoms with Crippen molar-refractivity contribution in [3.63, 3.8) is 0 Å². The minimum Gasteiger partial charge on any atom is -0.452 e. The van der Waals surface area contributed by atoms with E-state index in [2.05, 4.69) is 4.37 Å². The first-order valence-corrected chi connectivity index (χ1v) is 7.15. The minimum absolute atomic E-state index is 0.0120. The van der Waals surface area contributed by atoms with Crippen molar-refractivity contribution < 1.29 is 27.4 Å². The number of alkyl halides is 3. The van der Waals surface area contributed by atoms with Crippen LogP contribution in [-0.2, 0) is 20.4 Å². The van der Waals surface area contributed by atoms with Crippen LogP contribution in [0.1, 0.15) is 48.7 Å². The molecule has 4 nitrogen and oxygen atoms in total. The Morgan fingerprint density at radius 1 is 1.33 bits per heavy atom. The Morgan fingerprint density at radius 3 is 2.52 bits per heavy atom. The summed E-state index contributed by atoms with van der Waals surface area (Å²) in [7, 11) is 0. The van der Waals surface area contributed by atoms with Crippen molar-refractivity contribution in [2.75, 3.05) is 0 Å². The average Bonchev–Trinajstić information content (AvgIpc) is 3.03. The van der Waals surface area contributed by atoms with Crippen LogP contribution in [0.4, 0.5) is 13.2 Å². The van der Waals surface area contributed by atoms with E-state index in [9.17, 15) is 18.0 Å². The molecule has 0 unspecified atom stereocenters. The molecule has 0 amide bonds. The smallest absolute Gasteiger partial charge is 0.427 e. The molecule has 0 bridgehead atoms. The van der Waals surface area contributed by atoms with Crippen LogP contribution in [0.2, 0.25) is 0 Å². The van der Waals surface area contributed by atoms with Crippen LogP contribution in [0.15, 0.2) is 6.08 Å². The Kier molecular flexibility index (Phi) is 3.05. The molecule has 2 aliphatic rings. The summed E-state index contributed by atoms with van der Waals surface area (Å²) >= 11 is 0.399. The van der Waals surface area contributed by atoms with Gasteiger partial charge in [-0.15, -0.1) is 0 Å². The number of nitrogens with zero attached hydrogens (tertiary/aromatic N) is 1. The van der Waals surface area contributed by atoms with E-state index in [0.717, 1.165) is 18.9 Å². The summed E-state index contributed by atoms with van der Waals surface area (Å²) in [6.07, 6.45) is -1.98. The van der Waals surface area contributed by atoms with Crippen molar-refractivity contribution in [1.82, 2.24) is 4.37 Å². The van der Waals surface area contributed by atoms with Crippen LogP contribution in [0.3, 0.4) is 0 Å². The van der Waals surface area contributed by atoms with Gasteiger partial charge >= 0.3 is 12.1 Å². The molecular formula is C13H12F3NO3S. The normalized spacial score (nSPS) is 21.6. The Bertz CT molecular complexity index is 629. The van der Waals surface area contributed by atoms with Gasteiger partial charge in [0.2, 0.25) is 5.79 Å². The minimum atomic E-state index is -4.53. The van der Waals surface area contributed by atoms with Crippen molar-refractivity contribution in [2.45, 2.75) is 44.6 Å². The zero-order chi connectivity index (χ0) is 15.4. The number of hydrogen-bond acceptors (Lipinski definition) is 5. The van der Waals surface area contributed by atoms with Gasteiger partial charge in [-0.1, -0.05) is 0 Å². The predicted molar refractivity (Wildman–Crippen MR) is 68.3 cm³/mol. The van der Waals surface area contributed by atoms with Crippen LogP contribution in [0.5, 0.6) is 0 Å². The summed E-state index contributed by atoms with van der Waals surface area (Å²) in [6, 6.07) is 0. The summed E-state index contributed by atoms with van der Waals surface area (Å²) in [6.45, 7) is 2.95. The van der Waals surface area contributed by atoms with Crippen molar-refractivity contribution in [3.05, 3.63) is 22.2 Å². The van der Waals surface area contributed by atoms with Gasteiger partial charge in [0, 0.05) is 19.8 Å². The third-order valence-corrected chi connectivity index (χ3v) is 4.04. The fraction of sp³-hybridized carbons (Fsp3) is 0.538. The summed E-state index contributed by atoms with van der Waals surface area (Å²) in [5.74, 6) is -2.12. The van der Waals surface area contributed by atoms with Crippen LogP contribution in [0, 0.1) is 0 Å². The van der Waals surface area contributed by atoms with Crippen LogP contribution in [0.25, 0.3) is 5.76 Å². The second-order valence-corrected chi connectivity index (χ2v) is 6.25. The second kappa shape index (κ2) is 4.46. The molecule has 0 atom stereocenters. The van der Waals surface area contributed by atoms with Crippen LogP contribution in [-0.4, -0.2) is 16.1 Å². The Morgan fingerprint density at radius 2 is 2.00 bits per heavy atom. The SMILES string of the molecule is CC1(C)OC(=O)C=C(c2c(C3CC3)nsc2C(F)(F)F)O1. The Labute approximate surface area is 122 Å². The van der Waals surface area contributed by atoms with Gasteiger partial charge in [-0.25, -0.2) is 4.79 Å². The van der Waals surface area contributed by atoms with E-state index in [1.807, 2.05) is 0 Å². The van der Waals surface area contributed by atoms with Gasteiger partial charge in [0.1, 0.15) is 10.6 Å². The van der Waals surface area contributed by atoms with E-state index >= 15 is 0 Å². The molecule has 8 heteroatoms. The van der Waals surface area contributed by atoms with Crippen LogP contribution < -0.4 is 0 Å². The van der Waals surface area contributed by atoms with Gasteiger partial charge in [0.05, 0.1) is 17.3 Å². The van der Waals surface area contributed by atoms with Gasteiger partial charge < -0.3 is 9.47 Å². The molecule has 1 fully saturated rings. The fourth-order valence-corrected chi connectivity index (χ4v) is 3.02. The van der Waals surface area contributed by atoms with Gasteiger partial charge in [-0.3, -0.25) is 0 Å². The Balaban J connectivity index is 2.12.